The summed E-state index contributed by atoms with van der Waals surface area (Å²) >= 11 is 0. The normalized spacial score (nSPS) is 16.9. The Balaban J connectivity index is 1.36. The van der Waals surface area contributed by atoms with Gasteiger partial charge < -0.3 is 28.3 Å². The largest absolute Gasteiger partial charge is 0.486 e. The fourth-order valence-electron chi connectivity index (χ4n) is 3.67. The van der Waals surface area contributed by atoms with Crippen LogP contribution < -0.4 is 9.47 Å². The third-order valence-electron chi connectivity index (χ3n) is 5.12. The summed E-state index contributed by atoms with van der Waals surface area (Å²) < 4.78 is 30.3. The number of esters is 1. The topological polar surface area (TPSA) is 68.2 Å². The Labute approximate surface area is 173 Å². The summed E-state index contributed by atoms with van der Waals surface area (Å²) in [5.74, 6) is -0.195. The van der Waals surface area contributed by atoms with Crippen molar-refractivity contribution < 1.29 is 28.5 Å². The number of ether oxygens (including phenoxy) is 5. The molecule has 0 atom stereocenters. The minimum atomic E-state index is -1.08. The van der Waals surface area contributed by atoms with E-state index in [2.05, 4.69) is 0 Å². The molecule has 2 aliphatic rings. The van der Waals surface area contributed by atoms with Gasteiger partial charge in [-0.1, -0.05) is 30.3 Å². The highest BCUT2D eigenvalue weighted by Gasteiger charge is 2.40. The van der Waals surface area contributed by atoms with Crippen molar-refractivity contribution in [3.8, 4) is 17.2 Å². The van der Waals surface area contributed by atoms with Crippen LogP contribution in [0, 0.1) is 0 Å². The molecular formula is C23H21NO6. The monoisotopic (exact) mass is 407 g/mol. The van der Waals surface area contributed by atoms with Gasteiger partial charge in [-0.2, -0.15) is 0 Å². The number of hydrogen-bond donors (Lipinski definition) is 0. The molecule has 7 nitrogen and oxygen atoms in total. The third-order valence-corrected chi connectivity index (χ3v) is 5.12. The molecule has 30 heavy (non-hydrogen) atoms. The first-order valence-electron chi connectivity index (χ1n) is 9.83. The predicted molar refractivity (Wildman–Crippen MR) is 107 cm³/mol. The smallest absolute Gasteiger partial charge is 0.355 e. The fraction of sp³-hybridized carbons (Fsp3) is 0.261. The Morgan fingerprint density at radius 2 is 1.67 bits per heavy atom. The summed E-state index contributed by atoms with van der Waals surface area (Å²) in [6.07, 6.45) is 1.80. The highest BCUT2D eigenvalue weighted by molar-refractivity contribution is 5.88. The van der Waals surface area contributed by atoms with Gasteiger partial charge >= 0.3 is 5.97 Å². The standard InChI is InChI=1S/C23H21NO6/c25-22(28-16-23(29-13-14-30-23)17-5-2-1-3-6-17)19-7-4-10-24(19)18-8-9-20-21(15-18)27-12-11-26-20/h1-10,15H,11-14,16H2. The second-order valence-electron chi connectivity index (χ2n) is 6.98. The molecule has 154 valence electrons. The Bertz CT molecular complexity index is 1040. The van der Waals surface area contributed by atoms with Gasteiger partial charge in [-0.15, -0.1) is 0 Å². The zero-order valence-corrected chi connectivity index (χ0v) is 16.3. The van der Waals surface area contributed by atoms with E-state index in [1.807, 2.05) is 48.5 Å². The maximum atomic E-state index is 12.9. The number of carbonyl (C=O) groups is 1. The van der Waals surface area contributed by atoms with Crippen LogP contribution >= 0.6 is 0 Å². The maximum absolute atomic E-state index is 12.9. The lowest BCUT2D eigenvalue weighted by Gasteiger charge is -2.27. The van der Waals surface area contributed by atoms with Crippen LogP contribution in [0.5, 0.6) is 11.5 Å². The SMILES string of the molecule is O=C(OCC1(c2ccccc2)OCCO1)c1cccn1-c1ccc2c(c1)OCCO2. The van der Waals surface area contributed by atoms with E-state index in [0.29, 0.717) is 43.6 Å². The highest BCUT2D eigenvalue weighted by atomic mass is 16.8. The van der Waals surface area contributed by atoms with Crippen LogP contribution in [0.15, 0.2) is 66.9 Å². The van der Waals surface area contributed by atoms with Gasteiger partial charge in [0, 0.05) is 23.5 Å². The number of fused-ring (bicyclic) bond motifs is 1. The Kier molecular flexibility index (Phi) is 4.90. The molecule has 0 N–H and O–H groups in total. The van der Waals surface area contributed by atoms with Crippen molar-refractivity contribution in [2.75, 3.05) is 33.0 Å². The van der Waals surface area contributed by atoms with Crippen LogP contribution in [-0.4, -0.2) is 43.6 Å². The lowest BCUT2D eigenvalue weighted by Crippen LogP contribution is -2.34. The second-order valence-corrected chi connectivity index (χ2v) is 6.98. The molecule has 0 amide bonds. The minimum Gasteiger partial charge on any atom is -0.486 e. The van der Waals surface area contributed by atoms with Crippen molar-refractivity contribution in [3.05, 3.63) is 78.1 Å². The van der Waals surface area contributed by atoms with Crippen molar-refractivity contribution in [1.82, 2.24) is 4.57 Å². The van der Waals surface area contributed by atoms with Gasteiger partial charge in [0.05, 0.1) is 13.2 Å². The van der Waals surface area contributed by atoms with Crippen molar-refractivity contribution in [2.24, 2.45) is 0 Å². The first-order chi connectivity index (χ1) is 14.8. The summed E-state index contributed by atoms with van der Waals surface area (Å²) in [5, 5.41) is 0. The molecule has 0 spiro atoms. The van der Waals surface area contributed by atoms with Crippen LogP contribution in [0.2, 0.25) is 0 Å². The number of aromatic nitrogens is 1. The molecule has 1 saturated heterocycles. The molecule has 2 aliphatic heterocycles. The zero-order valence-electron chi connectivity index (χ0n) is 16.3. The molecule has 7 heteroatoms. The van der Waals surface area contributed by atoms with Crippen molar-refractivity contribution in [3.63, 3.8) is 0 Å². The quantitative estimate of drug-likeness (QED) is 0.605. The third kappa shape index (κ3) is 3.42. The van der Waals surface area contributed by atoms with Gasteiger partial charge in [0.2, 0.25) is 5.79 Å². The molecule has 3 heterocycles. The van der Waals surface area contributed by atoms with Crippen molar-refractivity contribution in [1.29, 1.82) is 0 Å². The summed E-state index contributed by atoms with van der Waals surface area (Å²) in [4.78, 5) is 12.9. The molecule has 1 fully saturated rings. The van der Waals surface area contributed by atoms with E-state index >= 15 is 0 Å². The lowest BCUT2D eigenvalue weighted by molar-refractivity contribution is -0.191. The van der Waals surface area contributed by atoms with Gasteiger partial charge in [-0.05, 0) is 24.3 Å². The molecule has 0 aliphatic carbocycles. The van der Waals surface area contributed by atoms with E-state index in [1.54, 1.807) is 22.9 Å². The first kappa shape index (κ1) is 18.7. The maximum Gasteiger partial charge on any atom is 0.355 e. The van der Waals surface area contributed by atoms with Crippen LogP contribution in [0.25, 0.3) is 5.69 Å². The van der Waals surface area contributed by atoms with Crippen LogP contribution in [0.4, 0.5) is 0 Å². The molecule has 0 bridgehead atoms. The number of hydrogen-bond acceptors (Lipinski definition) is 6. The molecule has 5 rings (SSSR count). The Morgan fingerprint density at radius 1 is 0.900 bits per heavy atom. The molecular weight excluding hydrogens is 386 g/mol. The molecule has 0 radical (unpaired) electrons. The molecule has 0 unspecified atom stereocenters. The average Bonchev–Trinajstić information content (AvgIpc) is 3.48. The number of benzene rings is 2. The minimum absolute atomic E-state index is 0.0395. The van der Waals surface area contributed by atoms with Gasteiger partial charge in [-0.25, -0.2) is 4.79 Å². The number of rotatable bonds is 5. The second kappa shape index (κ2) is 7.85. The Morgan fingerprint density at radius 3 is 2.47 bits per heavy atom. The van der Waals surface area contributed by atoms with Crippen molar-refractivity contribution >= 4 is 5.97 Å². The summed E-state index contributed by atoms with van der Waals surface area (Å²) in [7, 11) is 0. The average molecular weight is 407 g/mol. The van der Waals surface area contributed by atoms with Gasteiger partial charge in [-0.3, -0.25) is 0 Å². The fourth-order valence-corrected chi connectivity index (χ4v) is 3.67. The first-order valence-corrected chi connectivity index (χ1v) is 9.83. The number of carbonyl (C=O) groups excluding carboxylic acids is 1. The molecule has 0 saturated carbocycles. The van der Waals surface area contributed by atoms with E-state index in [-0.39, 0.29) is 6.61 Å². The highest BCUT2D eigenvalue weighted by Crippen LogP contribution is 2.34. The summed E-state index contributed by atoms with van der Waals surface area (Å²) in [5.41, 5.74) is 1.99. The molecule has 1 aromatic heterocycles. The number of nitrogens with zero attached hydrogens (tertiary/aromatic N) is 1. The lowest BCUT2D eigenvalue weighted by atomic mass is 10.1. The summed E-state index contributed by atoms with van der Waals surface area (Å²) in [6.45, 7) is 1.88. The van der Waals surface area contributed by atoms with Crippen LogP contribution in [-0.2, 0) is 20.0 Å². The van der Waals surface area contributed by atoms with E-state index in [4.69, 9.17) is 23.7 Å². The zero-order chi connectivity index (χ0) is 20.4. The van der Waals surface area contributed by atoms with E-state index < -0.39 is 11.8 Å². The van der Waals surface area contributed by atoms with Crippen LogP contribution in [0.1, 0.15) is 16.1 Å². The van der Waals surface area contributed by atoms with Crippen LogP contribution in [0.3, 0.4) is 0 Å². The molecule has 3 aromatic rings. The van der Waals surface area contributed by atoms with E-state index in [9.17, 15) is 4.79 Å². The van der Waals surface area contributed by atoms with E-state index in [0.717, 1.165) is 11.3 Å². The van der Waals surface area contributed by atoms with E-state index in [1.165, 1.54) is 0 Å². The van der Waals surface area contributed by atoms with Gasteiger partial charge in [0.1, 0.15) is 18.9 Å². The van der Waals surface area contributed by atoms with Crippen molar-refractivity contribution in [2.45, 2.75) is 5.79 Å². The van der Waals surface area contributed by atoms with Gasteiger partial charge in [0.15, 0.2) is 18.1 Å². The molecule has 2 aromatic carbocycles. The van der Waals surface area contributed by atoms with Gasteiger partial charge in [0.25, 0.3) is 0 Å². The Hall–Kier alpha value is -3.29. The predicted octanol–water partition coefficient (Wildman–Crippen LogP) is 3.31. The summed E-state index contributed by atoms with van der Waals surface area (Å²) in [6, 6.07) is 18.6.